The molecule has 0 saturated heterocycles. The minimum absolute atomic E-state index is 0.194. The topological polar surface area (TPSA) is 60.1 Å². The van der Waals surface area contributed by atoms with E-state index in [1.807, 2.05) is 17.7 Å². The first-order chi connectivity index (χ1) is 9.02. The highest BCUT2D eigenvalue weighted by Gasteiger charge is 2.15. The Balaban J connectivity index is 2.16. The van der Waals surface area contributed by atoms with Crippen LogP contribution in [0.15, 0.2) is 22.8 Å². The quantitative estimate of drug-likeness (QED) is 0.918. The zero-order valence-electron chi connectivity index (χ0n) is 11.7. The number of carbonyl (C=O) groups is 1. The van der Waals surface area contributed by atoms with Crippen LogP contribution in [-0.4, -0.2) is 15.7 Å². The molecule has 0 saturated carbocycles. The van der Waals surface area contributed by atoms with Crippen molar-refractivity contribution < 1.29 is 9.21 Å². The molecule has 0 fully saturated rings. The summed E-state index contributed by atoms with van der Waals surface area (Å²) >= 11 is 0. The number of aryl methyl sites for hydroxylation is 2. The lowest BCUT2D eigenvalue weighted by Crippen LogP contribution is -2.13. The second kappa shape index (κ2) is 5.30. The molecule has 102 valence electrons. The van der Waals surface area contributed by atoms with Crippen LogP contribution in [-0.2, 0) is 0 Å². The monoisotopic (exact) mass is 261 g/mol. The minimum atomic E-state index is -0.194. The average molecular weight is 261 g/mol. The van der Waals surface area contributed by atoms with E-state index in [9.17, 15) is 4.79 Å². The molecule has 2 aromatic heterocycles. The SMILES string of the molecule is CCC(C)n1nc(NC(=O)c2ccoc2C)cc1C. The van der Waals surface area contributed by atoms with Gasteiger partial charge in [0.2, 0.25) is 0 Å². The molecule has 1 amide bonds. The Morgan fingerprint density at radius 1 is 1.53 bits per heavy atom. The van der Waals surface area contributed by atoms with Gasteiger partial charge in [0.1, 0.15) is 5.76 Å². The van der Waals surface area contributed by atoms with Gasteiger partial charge in [-0.3, -0.25) is 9.48 Å². The van der Waals surface area contributed by atoms with Crippen molar-refractivity contribution in [3.8, 4) is 0 Å². The summed E-state index contributed by atoms with van der Waals surface area (Å²) in [5.74, 6) is 0.985. The fourth-order valence-corrected chi connectivity index (χ4v) is 1.97. The Hall–Kier alpha value is -2.04. The molecule has 0 radical (unpaired) electrons. The molecule has 1 atom stereocenters. The van der Waals surface area contributed by atoms with Crippen molar-refractivity contribution in [2.24, 2.45) is 0 Å². The van der Waals surface area contributed by atoms with Gasteiger partial charge in [-0.2, -0.15) is 5.10 Å². The lowest BCUT2D eigenvalue weighted by molar-refractivity contribution is 0.102. The summed E-state index contributed by atoms with van der Waals surface area (Å²) in [4.78, 5) is 12.0. The molecule has 0 aromatic carbocycles. The van der Waals surface area contributed by atoms with Gasteiger partial charge in [-0.05, 0) is 33.3 Å². The van der Waals surface area contributed by atoms with Gasteiger partial charge in [-0.1, -0.05) is 6.92 Å². The number of nitrogens with one attached hydrogen (secondary N) is 1. The van der Waals surface area contributed by atoms with E-state index in [1.165, 1.54) is 6.26 Å². The first-order valence-electron chi connectivity index (χ1n) is 6.44. The molecular weight excluding hydrogens is 242 g/mol. The number of hydrogen-bond acceptors (Lipinski definition) is 3. The van der Waals surface area contributed by atoms with Gasteiger partial charge in [0, 0.05) is 17.8 Å². The van der Waals surface area contributed by atoms with E-state index in [2.05, 4.69) is 24.3 Å². The van der Waals surface area contributed by atoms with E-state index >= 15 is 0 Å². The van der Waals surface area contributed by atoms with Gasteiger partial charge in [0.05, 0.1) is 11.8 Å². The Kier molecular flexibility index (Phi) is 3.74. The van der Waals surface area contributed by atoms with Crippen molar-refractivity contribution in [1.29, 1.82) is 0 Å². The van der Waals surface area contributed by atoms with E-state index in [0.717, 1.165) is 12.1 Å². The highest BCUT2D eigenvalue weighted by molar-refractivity contribution is 6.04. The fraction of sp³-hybridized carbons (Fsp3) is 0.429. The molecule has 5 nitrogen and oxygen atoms in total. The molecule has 0 aliphatic carbocycles. The number of nitrogens with zero attached hydrogens (tertiary/aromatic N) is 2. The summed E-state index contributed by atoms with van der Waals surface area (Å²) in [5.41, 5.74) is 1.57. The highest BCUT2D eigenvalue weighted by atomic mass is 16.3. The molecule has 2 rings (SSSR count). The van der Waals surface area contributed by atoms with Crippen LogP contribution >= 0.6 is 0 Å². The van der Waals surface area contributed by atoms with E-state index in [4.69, 9.17) is 4.42 Å². The predicted molar refractivity (Wildman–Crippen MR) is 73.4 cm³/mol. The smallest absolute Gasteiger partial charge is 0.260 e. The Morgan fingerprint density at radius 2 is 2.26 bits per heavy atom. The van der Waals surface area contributed by atoms with Crippen LogP contribution in [0.2, 0.25) is 0 Å². The number of amides is 1. The van der Waals surface area contributed by atoms with Crippen LogP contribution in [0.25, 0.3) is 0 Å². The lowest BCUT2D eigenvalue weighted by atomic mass is 10.2. The molecule has 1 unspecified atom stereocenters. The van der Waals surface area contributed by atoms with Crippen LogP contribution in [0.5, 0.6) is 0 Å². The predicted octanol–water partition coefficient (Wildman–Crippen LogP) is 3.32. The van der Waals surface area contributed by atoms with Gasteiger partial charge in [0.25, 0.3) is 5.91 Å². The number of anilines is 1. The van der Waals surface area contributed by atoms with Crippen molar-refractivity contribution in [3.63, 3.8) is 0 Å². The second-order valence-corrected chi connectivity index (χ2v) is 4.72. The molecule has 0 spiro atoms. The Morgan fingerprint density at radius 3 is 2.84 bits per heavy atom. The van der Waals surface area contributed by atoms with Crippen molar-refractivity contribution in [2.75, 3.05) is 5.32 Å². The van der Waals surface area contributed by atoms with Gasteiger partial charge in [-0.15, -0.1) is 0 Å². The molecule has 5 heteroatoms. The first-order valence-corrected chi connectivity index (χ1v) is 6.44. The van der Waals surface area contributed by atoms with Crippen LogP contribution in [0.1, 0.15) is 48.1 Å². The third kappa shape index (κ3) is 2.70. The summed E-state index contributed by atoms with van der Waals surface area (Å²) in [6.45, 7) is 7.96. The van der Waals surface area contributed by atoms with Crippen LogP contribution in [0.4, 0.5) is 5.82 Å². The van der Waals surface area contributed by atoms with Crippen LogP contribution < -0.4 is 5.32 Å². The third-order valence-corrected chi connectivity index (χ3v) is 3.28. The average Bonchev–Trinajstić information content (AvgIpc) is 2.94. The zero-order valence-corrected chi connectivity index (χ0v) is 11.7. The standard InChI is InChI=1S/C14H19N3O2/c1-5-9(2)17-10(3)8-13(16-17)15-14(18)12-6-7-19-11(12)4/h6-9H,5H2,1-4H3,(H,15,16,18). The maximum atomic E-state index is 12.0. The third-order valence-electron chi connectivity index (χ3n) is 3.28. The molecular formula is C14H19N3O2. The summed E-state index contributed by atoms with van der Waals surface area (Å²) in [7, 11) is 0. The largest absolute Gasteiger partial charge is 0.469 e. The van der Waals surface area contributed by atoms with Crippen molar-refractivity contribution >= 4 is 11.7 Å². The van der Waals surface area contributed by atoms with Crippen molar-refractivity contribution in [2.45, 2.75) is 40.2 Å². The normalized spacial score (nSPS) is 12.4. The van der Waals surface area contributed by atoms with E-state index < -0.39 is 0 Å². The number of aromatic nitrogens is 2. The molecule has 19 heavy (non-hydrogen) atoms. The Bertz CT molecular complexity index is 583. The summed E-state index contributed by atoms with van der Waals surface area (Å²) in [6.07, 6.45) is 2.50. The van der Waals surface area contributed by atoms with E-state index in [1.54, 1.807) is 13.0 Å². The molecule has 0 aliphatic rings. The molecule has 2 aromatic rings. The van der Waals surface area contributed by atoms with Gasteiger partial charge in [-0.25, -0.2) is 0 Å². The fourth-order valence-electron chi connectivity index (χ4n) is 1.97. The molecule has 0 aliphatic heterocycles. The number of hydrogen-bond donors (Lipinski definition) is 1. The summed E-state index contributed by atoms with van der Waals surface area (Å²) in [6, 6.07) is 3.85. The van der Waals surface area contributed by atoms with Crippen molar-refractivity contribution in [1.82, 2.24) is 9.78 Å². The van der Waals surface area contributed by atoms with Gasteiger partial charge >= 0.3 is 0 Å². The molecule has 1 N–H and O–H groups in total. The van der Waals surface area contributed by atoms with E-state index in [-0.39, 0.29) is 5.91 Å². The van der Waals surface area contributed by atoms with Crippen LogP contribution in [0, 0.1) is 13.8 Å². The van der Waals surface area contributed by atoms with Crippen LogP contribution in [0.3, 0.4) is 0 Å². The minimum Gasteiger partial charge on any atom is -0.469 e. The van der Waals surface area contributed by atoms with Gasteiger partial charge < -0.3 is 9.73 Å². The number of carbonyl (C=O) groups excluding carboxylic acids is 1. The van der Waals surface area contributed by atoms with E-state index in [0.29, 0.717) is 23.2 Å². The first kappa shape index (κ1) is 13.4. The highest BCUT2D eigenvalue weighted by Crippen LogP contribution is 2.18. The number of furan rings is 1. The molecule has 0 bridgehead atoms. The zero-order chi connectivity index (χ0) is 14.0. The summed E-state index contributed by atoms with van der Waals surface area (Å²) < 4.78 is 7.05. The molecule has 2 heterocycles. The van der Waals surface area contributed by atoms with Crippen molar-refractivity contribution in [3.05, 3.63) is 35.4 Å². The Labute approximate surface area is 112 Å². The number of rotatable bonds is 4. The van der Waals surface area contributed by atoms with Gasteiger partial charge in [0.15, 0.2) is 5.82 Å². The maximum Gasteiger partial charge on any atom is 0.260 e. The lowest BCUT2D eigenvalue weighted by Gasteiger charge is -2.10. The maximum absolute atomic E-state index is 12.0. The second-order valence-electron chi connectivity index (χ2n) is 4.72. The summed E-state index contributed by atoms with van der Waals surface area (Å²) in [5, 5.41) is 7.21.